The van der Waals surface area contributed by atoms with Crippen LogP contribution in [0.2, 0.25) is 0 Å². The molecule has 1 atom stereocenters. The summed E-state index contributed by atoms with van der Waals surface area (Å²) in [6.45, 7) is 10.1. The van der Waals surface area contributed by atoms with E-state index in [9.17, 15) is 9.59 Å². The minimum Gasteiger partial charge on any atom is -0.319 e. The summed E-state index contributed by atoms with van der Waals surface area (Å²) in [5.74, 6) is -0.196. The molecule has 31 heavy (non-hydrogen) atoms. The molecule has 0 aromatic heterocycles. The molecular formula is C26H31N3O2. The van der Waals surface area contributed by atoms with Crippen LogP contribution in [0, 0.1) is 0 Å². The van der Waals surface area contributed by atoms with Crippen LogP contribution in [0.3, 0.4) is 0 Å². The Labute approximate surface area is 184 Å². The number of nitrogens with one attached hydrogen (secondary N) is 1. The molecule has 0 aliphatic carbocycles. The van der Waals surface area contributed by atoms with Gasteiger partial charge in [-0.25, -0.2) is 9.69 Å². The predicted molar refractivity (Wildman–Crippen MR) is 123 cm³/mol. The van der Waals surface area contributed by atoms with Crippen molar-refractivity contribution >= 4 is 17.5 Å². The second kappa shape index (κ2) is 7.97. The smallest absolute Gasteiger partial charge is 0.319 e. The Kier molecular flexibility index (Phi) is 5.48. The van der Waals surface area contributed by atoms with Crippen molar-refractivity contribution < 1.29 is 9.59 Å². The van der Waals surface area contributed by atoms with Crippen LogP contribution in [0.1, 0.15) is 50.8 Å². The first-order valence-electron chi connectivity index (χ1n) is 10.9. The van der Waals surface area contributed by atoms with E-state index in [2.05, 4.69) is 49.2 Å². The van der Waals surface area contributed by atoms with Gasteiger partial charge < -0.3 is 5.32 Å². The third-order valence-corrected chi connectivity index (χ3v) is 6.38. The van der Waals surface area contributed by atoms with Crippen LogP contribution in [0.25, 0.3) is 5.57 Å². The largest absolute Gasteiger partial charge is 0.326 e. The summed E-state index contributed by atoms with van der Waals surface area (Å²) in [6, 6.07) is 18.0. The van der Waals surface area contributed by atoms with E-state index in [4.69, 9.17) is 0 Å². The van der Waals surface area contributed by atoms with Crippen molar-refractivity contribution in [3.8, 4) is 0 Å². The van der Waals surface area contributed by atoms with Gasteiger partial charge in [-0.15, -0.1) is 0 Å². The average Bonchev–Trinajstić information content (AvgIpc) is 2.98. The zero-order valence-corrected chi connectivity index (χ0v) is 18.8. The number of hydrogen-bond acceptors (Lipinski definition) is 3. The van der Waals surface area contributed by atoms with E-state index < -0.39 is 5.54 Å². The number of rotatable bonds is 4. The van der Waals surface area contributed by atoms with E-state index in [0.717, 1.165) is 25.1 Å². The number of hydrogen-bond donors (Lipinski definition) is 1. The molecule has 4 rings (SSSR count). The van der Waals surface area contributed by atoms with Crippen LogP contribution in [-0.4, -0.2) is 41.5 Å². The maximum absolute atomic E-state index is 13.3. The lowest BCUT2D eigenvalue weighted by Crippen LogP contribution is -2.44. The summed E-state index contributed by atoms with van der Waals surface area (Å²) < 4.78 is 0. The number of urea groups is 1. The minimum absolute atomic E-state index is 0.0365. The fourth-order valence-electron chi connectivity index (χ4n) is 4.28. The van der Waals surface area contributed by atoms with Gasteiger partial charge in [0.1, 0.15) is 5.54 Å². The third-order valence-electron chi connectivity index (χ3n) is 6.38. The first-order chi connectivity index (χ1) is 14.7. The van der Waals surface area contributed by atoms with Crippen LogP contribution in [-0.2, 0) is 15.7 Å². The van der Waals surface area contributed by atoms with Crippen molar-refractivity contribution in [1.29, 1.82) is 0 Å². The monoisotopic (exact) mass is 417 g/mol. The van der Waals surface area contributed by atoms with Crippen molar-refractivity contribution in [2.24, 2.45) is 0 Å². The lowest BCUT2D eigenvalue weighted by Gasteiger charge is -2.30. The van der Waals surface area contributed by atoms with Gasteiger partial charge in [0.05, 0.1) is 6.67 Å². The molecule has 1 unspecified atom stereocenters. The van der Waals surface area contributed by atoms with Crippen LogP contribution in [0.15, 0.2) is 60.7 Å². The summed E-state index contributed by atoms with van der Waals surface area (Å²) in [5.41, 5.74) is 3.57. The molecule has 1 fully saturated rings. The van der Waals surface area contributed by atoms with Gasteiger partial charge in [-0.3, -0.25) is 9.69 Å². The molecule has 2 aliphatic heterocycles. The number of amides is 3. The SMILES string of the molecule is CC(C)(C)c1ccc(C2(C)NC(=O)N(CN3CC=C(c4ccccc4)CC3)C2=O)cc1. The standard InChI is InChI=1S/C26H31N3O2/c1-25(2,3)21-10-12-22(13-11-21)26(4)23(30)29(24(31)27-26)18-28-16-14-20(15-17-28)19-8-6-5-7-9-19/h5-14H,15-18H2,1-4H3,(H,27,31). The molecule has 0 bridgehead atoms. The number of carbonyl (C=O) groups is 2. The van der Waals surface area contributed by atoms with Crippen LogP contribution < -0.4 is 5.32 Å². The molecular weight excluding hydrogens is 386 g/mol. The number of imide groups is 1. The van der Waals surface area contributed by atoms with E-state index >= 15 is 0 Å². The van der Waals surface area contributed by atoms with E-state index in [0.29, 0.717) is 6.67 Å². The van der Waals surface area contributed by atoms with Crippen molar-refractivity contribution in [2.75, 3.05) is 19.8 Å². The van der Waals surface area contributed by atoms with Gasteiger partial charge in [0.15, 0.2) is 0 Å². The number of carbonyl (C=O) groups excluding carboxylic acids is 2. The normalized spacial score (nSPS) is 22.5. The number of nitrogens with zero attached hydrogens (tertiary/aromatic N) is 2. The van der Waals surface area contributed by atoms with Gasteiger partial charge in [0.25, 0.3) is 5.91 Å². The lowest BCUT2D eigenvalue weighted by atomic mass is 9.84. The predicted octanol–water partition coefficient (Wildman–Crippen LogP) is 4.50. The molecule has 2 aliphatic rings. The Morgan fingerprint density at radius 3 is 2.26 bits per heavy atom. The maximum atomic E-state index is 13.3. The van der Waals surface area contributed by atoms with Crippen molar-refractivity contribution in [1.82, 2.24) is 15.1 Å². The summed E-state index contributed by atoms with van der Waals surface area (Å²) in [6.07, 6.45) is 3.10. The quantitative estimate of drug-likeness (QED) is 0.746. The maximum Gasteiger partial charge on any atom is 0.326 e. The molecule has 3 amide bonds. The molecule has 0 saturated carbocycles. The Bertz CT molecular complexity index is 1010. The highest BCUT2D eigenvalue weighted by Crippen LogP contribution is 2.31. The fourth-order valence-corrected chi connectivity index (χ4v) is 4.28. The molecule has 5 nitrogen and oxygen atoms in total. The second-order valence-electron chi connectivity index (χ2n) is 9.68. The Morgan fingerprint density at radius 2 is 1.68 bits per heavy atom. The second-order valence-corrected chi connectivity index (χ2v) is 9.68. The fraction of sp³-hybridized carbons (Fsp3) is 0.385. The molecule has 0 radical (unpaired) electrons. The van der Waals surface area contributed by atoms with Gasteiger partial charge in [-0.2, -0.15) is 0 Å². The Balaban J connectivity index is 1.46. The zero-order chi connectivity index (χ0) is 22.2. The van der Waals surface area contributed by atoms with Crippen molar-refractivity contribution in [3.05, 3.63) is 77.4 Å². The molecule has 1 saturated heterocycles. The molecule has 162 valence electrons. The highest BCUT2D eigenvalue weighted by Gasteiger charge is 2.49. The topological polar surface area (TPSA) is 52.7 Å². The van der Waals surface area contributed by atoms with Gasteiger partial charge in [-0.1, -0.05) is 81.4 Å². The Morgan fingerprint density at radius 1 is 1.00 bits per heavy atom. The molecule has 2 aromatic carbocycles. The Hall–Kier alpha value is -2.92. The molecule has 1 N–H and O–H groups in total. The van der Waals surface area contributed by atoms with Gasteiger partial charge in [0.2, 0.25) is 0 Å². The van der Waals surface area contributed by atoms with E-state index in [1.165, 1.54) is 21.6 Å². The summed E-state index contributed by atoms with van der Waals surface area (Å²) in [4.78, 5) is 29.5. The number of benzene rings is 2. The van der Waals surface area contributed by atoms with Gasteiger partial charge >= 0.3 is 6.03 Å². The highest BCUT2D eigenvalue weighted by molar-refractivity contribution is 6.07. The summed E-state index contributed by atoms with van der Waals surface area (Å²) in [5, 5.41) is 2.92. The van der Waals surface area contributed by atoms with Crippen LogP contribution >= 0.6 is 0 Å². The van der Waals surface area contributed by atoms with Crippen molar-refractivity contribution in [3.63, 3.8) is 0 Å². The summed E-state index contributed by atoms with van der Waals surface area (Å²) >= 11 is 0. The molecule has 5 heteroatoms. The van der Waals surface area contributed by atoms with E-state index in [1.807, 2.05) is 42.5 Å². The summed E-state index contributed by atoms with van der Waals surface area (Å²) in [7, 11) is 0. The highest BCUT2D eigenvalue weighted by atomic mass is 16.2. The molecule has 2 heterocycles. The first-order valence-corrected chi connectivity index (χ1v) is 10.9. The van der Waals surface area contributed by atoms with Crippen molar-refractivity contribution in [2.45, 2.75) is 45.1 Å². The molecule has 0 spiro atoms. The average molecular weight is 418 g/mol. The van der Waals surface area contributed by atoms with E-state index in [-0.39, 0.29) is 17.4 Å². The van der Waals surface area contributed by atoms with Gasteiger partial charge in [-0.05, 0) is 41.0 Å². The molecule has 2 aromatic rings. The lowest BCUT2D eigenvalue weighted by molar-refractivity contribution is -0.132. The van der Waals surface area contributed by atoms with Gasteiger partial charge in [0, 0.05) is 13.1 Å². The van der Waals surface area contributed by atoms with E-state index in [1.54, 1.807) is 6.92 Å². The first kappa shape index (κ1) is 21.3. The minimum atomic E-state index is -1.03. The van der Waals surface area contributed by atoms with Crippen LogP contribution in [0.4, 0.5) is 4.79 Å². The zero-order valence-electron chi connectivity index (χ0n) is 18.8. The van der Waals surface area contributed by atoms with Crippen LogP contribution in [0.5, 0.6) is 0 Å². The third kappa shape index (κ3) is 4.15.